The first-order chi connectivity index (χ1) is 14.0. The number of nitrogens with zero attached hydrogens (tertiary/aromatic N) is 3. The Kier molecular flexibility index (Phi) is 10.0. The topological polar surface area (TPSA) is 112 Å². The van der Waals surface area contributed by atoms with Gasteiger partial charge in [0.05, 0.1) is 6.61 Å². The number of amides is 2. The predicted molar refractivity (Wildman–Crippen MR) is 114 cm³/mol. The van der Waals surface area contributed by atoms with Crippen molar-refractivity contribution in [2.24, 2.45) is 16.6 Å². The zero-order chi connectivity index (χ0) is 21.1. The Morgan fingerprint density at radius 2 is 1.79 bits per heavy atom. The van der Waals surface area contributed by atoms with Crippen LogP contribution in [0.15, 0.2) is 4.99 Å². The highest BCUT2D eigenvalue weighted by Gasteiger charge is 2.24. The van der Waals surface area contributed by atoms with Crippen molar-refractivity contribution in [2.75, 3.05) is 52.9 Å². The van der Waals surface area contributed by atoms with Gasteiger partial charge in [-0.2, -0.15) is 0 Å². The number of rotatable bonds is 8. The van der Waals surface area contributed by atoms with Crippen molar-refractivity contribution in [1.29, 1.82) is 0 Å². The number of hydrogen-bond donors (Lipinski definition) is 3. The Morgan fingerprint density at radius 3 is 2.38 bits per heavy atom. The highest BCUT2D eigenvalue weighted by molar-refractivity contribution is 5.80. The van der Waals surface area contributed by atoms with Crippen LogP contribution in [0.3, 0.4) is 0 Å². The highest BCUT2D eigenvalue weighted by Crippen LogP contribution is 2.16. The van der Waals surface area contributed by atoms with Gasteiger partial charge in [0, 0.05) is 38.6 Å². The van der Waals surface area contributed by atoms with Crippen molar-refractivity contribution in [1.82, 2.24) is 20.4 Å². The van der Waals surface area contributed by atoms with Gasteiger partial charge in [-0.15, -0.1) is 0 Å². The number of piperidine rings is 2. The molecule has 2 heterocycles. The minimum atomic E-state index is -0.215. The van der Waals surface area contributed by atoms with E-state index in [1.807, 2.05) is 6.92 Å². The first-order valence-corrected chi connectivity index (χ1v) is 10.9. The van der Waals surface area contributed by atoms with Gasteiger partial charge in [0.2, 0.25) is 5.91 Å². The monoisotopic (exact) mass is 410 g/mol. The van der Waals surface area contributed by atoms with Crippen molar-refractivity contribution in [2.45, 2.75) is 51.5 Å². The number of aliphatic imine (C=N–C) groups is 1. The third kappa shape index (κ3) is 8.08. The molecule has 0 aliphatic carbocycles. The summed E-state index contributed by atoms with van der Waals surface area (Å²) in [5.74, 6) is 0.729. The van der Waals surface area contributed by atoms with Crippen molar-refractivity contribution in [3.63, 3.8) is 0 Å². The number of nitrogens with one attached hydrogen (secondary N) is 2. The molecule has 0 aromatic rings. The molecule has 0 bridgehead atoms. The molecule has 0 unspecified atom stereocenters. The predicted octanol–water partition coefficient (Wildman–Crippen LogP) is 0.750. The molecule has 2 saturated heterocycles. The summed E-state index contributed by atoms with van der Waals surface area (Å²) >= 11 is 0. The summed E-state index contributed by atoms with van der Waals surface area (Å²) in [6.45, 7) is 7.53. The van der Waals surface area contributed by atoms with Crippen molar-refractivity contribution in [3.05, 3.63) is 0 Å². The van der Waals surface area contributed by atoms with E-state index in [9.17, 15) is 9.59 Å². The number of carbonyl (C=O) groups is 2. The number of likely N-dealkylation sites (tertiary alicyclic amines) is 2. The van der Waals surface area contributed by atoms with E-state index in [1.165, 1.54) is 0 Å². The lowest BCUT2D eigenvalue weighted by Crippen LogP contribution is -2.50. The molecule has 2 amide bonds. The number of ether oxygens (including phenoxy) is 1. The summed E-state index contributed by atoms with van der Waals surface area (Å²) in [5, 5.41) is 6.84. The smallest absolute Gasteiger partial charge is 0.409 e. The molecule has 4 N–H and O–H groups in total. The standard InChI is InChI=1S/C20H38N6O3/c1-3-29-20(28)26-14-8-17(9-15-26)24-19(22-2)23-10-4-5-11-25-12-6-16(7-13-25)18(21)27/h16-17H,3-15H2,1-2H3,(H2,21,27)(H2,22,23,24). The molecular formula is C20H38N6O3. The summed E-state index contributed by atoms with van der Waals surface area (Å²) in [4.78, 5) is 31.5. The van der Waals surface area contributed by atoms with Crippen LogP contribution in [0.4, 0.5) is 4.79 Å². The van der Waals surface area contributed by atoms with Crippen LogP contribution in [0.25, 0.3) is 0 Å². The van der Waals surface area contributed by atoms with Crippen molar-refractivity contribution < 1.29 is 14.3 Å². The molecule has 9 nitrogen and oxygen atoms in total. The summed E-state index contributed by atoms with van der Waals surface area (Å²) in [5.41, 5.74) is 5.39. The third-order valence-corrected chi connectivity index (χ3v) is 5.77. The van der Waals surface area contributed by atoms with Gasteiger partial charge in [-0.05, 0) is 65.1 Å². The Bertz CT molecular complexity index is 540. The summed E-state index contributed by atoms with van der Waals surface area (Å²) in [7, 11) is 1.78. The normalized spacial score (nSPS) is 19.8. The molecule has 166 valence electrons. The van der Waals surface area contributed by atoms with Crippen LogP contribution < -0.4 is 16.4 Å². The minimum Gasteiger partial charge on any atom is -0.450 e. The van der Waals surface area contributed by atoms with Gasteiger partial charge in [0.1, 0.15) is 0 Å². The van der Waals surface area contributed by atoms with E-state index < -0.39 is 0 Å². The molecule has 29 heavy (non-hydrogen) atoms. The Balaban J connectivity index is 1.55. The molecule has 0 spiro atoms. The first-order valence-electron chi connectivity index (χ1n) is 10.9. The lowest BCUT2D eigenvalue weighted by Gasteiger charge is -2.32. The minimum absolute atomic E-state index is 0.0615. The number of guanidine groups is 1. The zero-order valence-electron chi connectivity index (χ0n) is 18.0. The number of primary amides is 1. The van der Waals surface area contributed by atoms with Gasteiger partial charge in [-0.3, -0.25) is 9.79 Å². The average Bonchev–Trinajstić information content (AvgIpc) is 2.73. The van der Waals surface area contributed by atoms with E-state index in [0.717, 1.165) is 70.7 Å². The second-order valence-corrected chi connectivity index (χ2v) is 7.83. The molecule has 2 aliphatic rings. The quantitative estimate of drug-likeness (QED) is 0.309. The maximum atomic E-state index is 11.8. The zero-order valence-corrected chi connectivity index (χ0v) is 18.0. The van der Waals surface area contributed by atoms with E-state index in [-0.39, 0.29) is 17.9 Å². The Hall–Kier alpha value is -2.03. The van der Waals surface area contributed by atoms with Crippen LogP contribution in [-0.2, 0) is 9.53 Å². The SMILES string of the molecule is CCOC(=O)N1CCC(NC(=NC)NCCCCN2CCC(C(N)=O)CC2)CC1. The second-order valence-electron chi connectivity index (χ2n) is 7.83. The van der Waals surface area contributed by atoms with Crippen LogP contribution in [0.5, 0.6) is 0 Å². The number of hydrogen-bond acceptors (Lipinski definition) is 5. The van der Waals surface area contributed by atoms with Gasteiger partial charge in [-0.25, -0.2) is 4.79 Å². The van der Waals surface area contributed by atoms with Crippen molar-refractivity contribution >= 4 is 18.0 Å². The fraction of sp³-hybridized carbons (Fsp3) is 0.850. The Labute approximate surface area is 174 Å². The molecule has 0 atom stereocenters. The van der Waals surface area contributed by atoms with Crippen LogP contribution in [0.1, 0.15) is 45.4 Å². The van der Waals surface area contributed by atoms with Crippen LogP contribution >= 0.6 is 0 Å². The summed E-state index contributed by atoms with van der Waals surface area (Å²) in [6.07, 6.45) is 5.52. The largest absolute Gasteiger partial charge is 0.450 e. The van der Waals surface area contributed by atoms with Gasteiger partial charge in [0.25, 0.3) is 0 Å². The van der Waals surface area contributed by atoms with Gasteiger partial charge in [-0.1, -0.05) is 0 Å². The molecule has 0 radical (unpaired) electrons. The molecule has 0 aromatic heterocycles. The first kappa shape index (κ1) is 23.3. The van der Waals surface area contributed by atoms with Crippen LogP contribution in [0.2, 0.25) is 0 Å². The Morgan fingerprint density at radius 1 is 1.10 bits per heavy atom. The fourth-order valence-electron chi connectivity index (χ4n) is 3.92. The van der Waals surface area contributed by atoms with E-state index in [0.29, 0.717) is 25.7 Å². The second kappa shape index (κ2) is 12.5. The molecule has 0 saturated carbocycles. The molecular weight excluding hydrogens is 372 g/mol. The van der Waals surface area contributed by atoms with Crippen LogP contribution in [-0.4, -0.2) is 86.7 Å². The summed E-state index contributed by atoms with van der Waals surface area (Å²) in [6, 6.07) is 0.318. The molecule has 9 heteroatoms. The van der Waals surface area contributed by atoms with Crippen molar-refractivity contribution in [3.8, 4) is 0 Å². The molecule has 2 aliphatic heterocycles. The van der Waals surface area contributed by atoms with E-state index in [1.54, 1.807) is 11.9 Å². The van der Waals surface area contributed by atoms with E-state index in [4.69, 9.17) is 10.5 Å². The number of carbonyl (C=O) groups excluding carboxylic acids is 2. The maximum absolute atomic E-state index is 11.8. The lowest BCUT2D eigenvalue weighted by atomic mass is 9.96. The number of unbranched alkanes of at least 4 members (excludes halogenated alkanes) is 1. The average molecular weight is 411 g/mol. The highest BCUT2D eigenvalue weighted by atomic mass is 16.6. The van der Waals surface area contributed by atoms with E-state index >= 15 is 0 Å². The molecule has 0 aromatic carbocycles. The van der Waals surface area contributed by atoms with Gasteiger partial charge in [0.15, 0.2) is 5.96 Å². The number of nitrogens with two attached hydrogens (primary N) is 1. The van der Waals surface area contributed by atoms with Gasteiger partial charge >= 0.3 is 6.09 Å². The van der Waals surface area contributed by atoms with Crippen LogP contribution in [0, 0.1) is 5.92 Å². The fourth-order valence-corrected chi connectivity index (χ4v) is 3.92. The molecule has 2 fully saturated rings. The molecule has 2 rings (SSSR count). The summed E-state index contributed by atoms with van der Waals surface area (Å²) < 4.78 is 5.06. The lowest BCUT2D eigenvalue weighted by molar-refractivity contribution is -0.123. The maximum Gasteiger partial charge on any atom is 0.409 e. The van der Waals surface area contributed by atoms with E-state index in [2.05, 4.69) is 20.5 Å². The van der Waals surface area contributed by atoms with Gasteiger partial charge < -0.3 is 30.9 Å². The third-order valence-electron chi connectivity index (χ3n) is 5.77.